The number of aryl methyl sites for hydroxylation is 1. The average Bonchev–Trinajstić information content (AvgIpc) is 2.85. The van der Waals surface area contributed by atoms with E-state index in [1.165, 1.54) is 6.07 Å². The van der Waals surface area contributed by atoms with Crippen LogP contribution >= 0.6 is 0 Å². The summed E-state index contributed by atoms with van der Waals surface area (Å²) in [4.78, 5) is 16.8. The number of rotatable bonds is 3. The number of amides is 1. The molecule has 0 saturated carbocycles. The molecule has 0 aliphatic carbocycles. The molecule has 7 heteroatoms. The van der Waals surface area contributed by atoms with Gasteiger partial charge in [0, 0.05) is 24.7 Å². The fourth-order valence-electron chi connectivity index (χ4n) is 3.75. The Morgan fingerprint density at radius 1 is 1.25 bits per heavy atom. The average molecular weight is 352 g/mol. The molecule has 2 aliphatic heterocycles. The third-order valence-electron chi connectivity index (χ3n) is 5.02. The number of carbonyl (C=O) groups is 1. The van der Waals surface area contributed by atoms with Gasteiger partial charge in [0.1, 0.15) is 5.75 Å². The van der Waals surface area contributed by atoms with Crippen LogP contribution in [0.3, 0.4) is 0 Å². The predicted octanol–water partition coefficient (Wildman–Crippen LogP) is 1.03. The zero-order valence-corrected chi connectivity index (χ0v) is 14.9. The lowest BCUT2D eigenvalue weighted by atomic mass is 10.0. The van der Waals surface area contributed by atoms with Crippen LogP contribution in [0.25, 0.3) is 0 Å². The summed E-state index contributed by atoms with van der Waals surface area (Å²) in [5.41, 5.74) is 1.12. The van der Waals surface area contributed by atoms with E-state index in [2.05, 4.69) is 11.8 Å². The molecular formula is C17H24N2O4S. The second-order valence-corrected chi connectivity index (χ2v) is 8.90. The minimum atomic E-state index is -3.13. The Labute approximate surface area is 143 Å². The number of carbonyl (C=O) groups excluding carboxylic acids is 1. The third kappa shape index (κ3) is 3.15. The number of fused-ring (bicyclic) bond motifs is 1. The zero-order chi connectivity index (χ0) is 17.5. The number of nitrogens with zero attached hydrogens (tertiary/aromatic N) is 2. The fraction of sp³-hybridized carbons (Fsp3) is 0.588. The second-order valence-electron chi connectivity index (χ2n) is 6.75. The number of phenolic OH excluding ortho intramolecular Hbond substituents is 1. The molecule has 132 valence electrons. The summed E-state index contributed by atoms with van der Waals surface area (Å²) in [5, 5.41) is 9.86. The van der Waals surface area contributed by atoms with Gasteiger partial charge in [0.15, 0.2) is 9.84 Å². The SMILES string of the molecule is CCCN1CCN(C(=O)c2ccc(C)c(O)c2)[C@H]2CS(=O)(=O)C[C@H]21. The summed E-state index contributed by atoms with van der Waals surface area (Å²) in [5.74, 6) is 0.0387. The van der Waals surface area contributed by atoms with E-state index < -0.39 is 9.84 Å². The summed E-state index contributed by atoms with van der Waals surface area (Å²) in [6.07, 6.45) is 0.961. The van der Waals surface area contributed by atoms with Gasteiger partial charge in [-0.15, -0.1) is 0 Å². The van der Waals surface area contributed by atoms with Crippen LogP contribution in [-0.2, 0) is 9.84 Å². The van der Waals surface area contributed by atoms with Crippen molar-refractivity contribution in [1.29, 1.82) is 0 Å². The van der Waals surface area contributed by atoms with Crippen molar-refractivity contribution < 1.29 is 18.3 Å². The largest absolute Gasteiger partial charge is 0.508 e. The van der Waals surface area contributed by atoms with Crippen LogP contribution in [0.5, 0.6) is 5.75 Å². The molecule has 2 fully saturated rings. The molecule has 2 atom stereocenters. The molecule has 1 aromatic rings. The molecule has 0 radical (unpaired) electrons. The smallest absolute Gasteiger partial charge is 0.254 e. The molecule has 24 heavy (non-hydrogen) atoms. The highest BCUT2D eigenvalue weighted by Gasteiger charge is 2.47. The molecule has 0 spiro atoms. The molecule has 0 unspecified atom stereocenters. The Morgan fingerprint density at radius 3 is 2.62 bits per heavy atom. The fourth-order valence-corrected chi connectivity index (χ4v) is 5.76. The summed E-state index contributed by atoms with van der Waals surface area (Å²) in [6.45, 7) is 5.90. The van der Waals surface area contributed by atoms with Crippen LogP contribution in [-0.4, -0.2) is 72.5 Å². The molecule has 2 heterocycles. The number of phenols is 1. The van der Waals surface area contributed by atoms with Crippen molar-refractivity contribution >= 4 is 15.7 Å². The molecule has 2 aliphatic rings. The van der Waals surface area contributed by atoms with E-state index in [1.54, 1.807) is 24.0 Å². The minimum Gasteiger partial charge on any atom is -0.508 e. The highest BCUT2D eigenvalue weighted by atomic mass is 32.2. The van der Waals surface area contributed by atoms with Crippen molar-refractivity contribution in [2.24, 2.45) is 0 Å². The van der Waals surface area contributed by atoms with Crippen LogP contribution < -0.4 is 0 Å². The van der Waals surface area contributed by atoms with E-state index in [9.17, 15) is 18.3 Å². The van der Waals surface area contributed by atoms with Gasteiger partial charge in [-0.1, -0.05) is 13.0 Å². The van der Waals surface area contributed by atoms with E-state index in [4.69, 9.17) is 0 Å². The number of hydrogen-bond donors (Lipinski definition) is 1. The quantitative estimate of drug-likeness (QED) is 0.879. The van der Waals surface area contributed by atoms with Gasteiger partial charge >= 0.3 is 0 Å². The van der Waals surface area contributed by atoms with Gasteiger partial charge in [-0.05, 0) is 37.6 Å². The molecule has 1 amide bonds. The van der Waals surface area contributed by atoms with Gasteiger partial charge in [0.05, 0.1) is 17.5 Å². The van der Waals surface area contributed by atoms with Gasteiger partial charge in [-0.25, -0.2) is 8.42 Å². The van der Waals surface area contributed by atoms with Crippen molar-refractivity contribution in [2.45, 2.75) is 32.4 Å². The van der Waals surface area contributed by atoms with Gasteiger partial charge in [0.2, 0.25) is 0 Å². The van der Waals surface area contributed by atoms with E-state index >= 15 is 0 Å². The molecule has 0 aromatic heterocycles. The lowest BCUT2D eigenvalue weighted by Gasteiger charge is -2.44. The lowest BCUT2D eigenvalue weighted by molar-refractivity contribution is 0.0333. The van der Waals surface area contributed by atoms with Crippen LogP contribution in [0.1, 0.15) is 29.3 Å². The Kier molecular flexibility index (Phi) is 4.57. The molecule has 2 saturated heterocycles. The number of hydrogen-bond acceptors (Lipinski definition) is 5. The van der Waals surface area contributed by atoms with Crippen LogP contribution in [0.4, 0.5) is 0 Å². The Bertz CT molecular complexity index is 747. The van der Waals surface area contributed by atoms with Crippen molar-refractivity contribution in [3.63, 3.8) is 0 Å². The highest BCUT2D eigenvalue weighted by Crippen LogP contribution is 2.29. The standard InChI is InChI=1S/C17H24N2O4S/c1-3-6-18-7-8-19(15-11-24(22,23)10-14(15)18)17(21)13-5-4-12(2)16(20)9-13/h4-5,9,14-15,20H,3,6-8,10-11H2,1-2H3/t14-,15+/m1/s1. The first-order valence-corrected chi connectivity index (χ1v) is 10.2. The van der Waals surface area contributed by atoms with E-state index in [0.29, 0.717) is 24.2 Å². The van der Waals surface area contributed by atoms with Crippen LogP contribution in [0.2, 0.25) is 0 Å². The number of benzene rings is 1. The zero-order valence-electron chi connectivity index (χ0n) is 14.1. The first kappa shape index (κ1) is 17.2. The van der Waals surface area contributed by atoms with E-state index in [1.807, 2.05) is 0 Å². The van der Waals surface area contributed by atoms with Gasteiger partial charge in [-0.2, -0.15) is 0 Å². The first-order valence-electron chi connectivity index (χ1n) is 8.37. The summed E-state index contributed by atoms with van der Waals surface area (Å²) >= 11 is 0. The molecule has 1 aromatic carbocycles. The number of piperazine rings is 1. The van der Waals surface area contributed by atoms with Crippen molar-refractivity contribution in [1.82, 2.24) is 9.80 Å². The lowest BCUT2D eigenvalue weighted by Crippen LogP contribution is -2.60. The maximum absolute atomic E-state index is 12.9. The highest BCUT2D eigenvalue weighted by molar-refractivity contribution is 7.91. The van der Waals surface area contributed by atoms with Crippen LogP contribution in [0.15, 0.2) is 18.2 Å². The Balaban J connectivity index is 1.88. The molecule has 6 nitrogen and oxygen atoms in total. The predicted molar refractivity (Wildman–Crippen MR) is 92.0 cm³/mol. The Hall–Kier alpha value is -1.60. The molecule has 3 rings (SSSR count). The second kappa shape index (κ2) is 6.37. The summed E-state index contributed by atoms with van der Waals surface area (Å²) < 4.78 is 24.3. The van der Waals surface area contributed by atoms with E-state index in [0.717, 1.165) is 13.0 Å². The summed E-state index contributed by atoms with van der Waals surface area (Å²) in [7, 11) is -3.13. The minimum absolute atomic E-state index is 0.0292. The molecular weight excluding hydrogens is 328 g/mol. The van der Waals surface area contributed by atoms with E-state index in [-0.39, 0.29) is 35.2 Å². The maximum atomic E-state index is 12.9. The van der Waals surface area contributed by atoms with Crippen LogP contribution in [0, 0.1) is 6.92 Å². The third-order valence-corrected chi connectivity index (χ3v) is 6.72. The van der Waals surface area contributed by atoms with Gasteiger partial charge < -0.3 is 10.0 Å². The summed E-state index contributed by atoms with van der Waals surface area (Å²) in [6, 6.07) is 4.44. The molecule has 0 bridgehead atoms. The van der Waals surface area contributed by atoms with Gasteiger partial charge in [-0.3, -0.25) is 9.69 Å². The first-order chi connectivity index (χ1) is 11.3. The number of sulfone groups is 1. The topological polar surface area (TPSA) is 77.9 Å². The van der Waals surface area contributed by atoms with Crippen molar-refractivity contribution in [3.05, 3.63) is 29.3 Å². The van der Waals surface area contributed by atoms with Crippen molar-refractivity contribution in [3.8, 4) is 5.75 Å². The normalized spacial score (nSPS) is 26.3. The van der Waals surface area contributed by atoms with Crippen molar-refractivity contribution in [2.75, 3.05) is 31.1 Å². The van der Waals surface area contributed by atoms with Gasteiger partial charge in [0.25, 0.3) is 5.91 Å². The molecule has 1 N–H and O–H groups in total. The maximum Gasteiger partial charge on any atom is 0.254 e. The monoisotopic (exact) mass is 352 g/mol. The number of aromatic hydroxyl groups is 1. The Morgan fingerprint density at radius 2 is 1.96 bits per heavy atom.